The number of aliphatic imine (C=N–C) groups is 1. The highest BCUT2D eigenvalue weighted by atomic mass is 32.1. The average molecular weight is 376 g/mol. The summed E-state index contributed by atoms with van der Waals surface area (Å²) in [5.41, 5.74) is 0.846. The van der Waals surface area contributed by atoms with Crippen LogP contribution in [0.4, 0.5) is 0 Å². The maximum Gasteiger partial charge on any atom is 0.191 e. The quantitative estimate of drug-likeness (QED) is 0.487. The Labute approximate surface area is 160 Å². The molecule has 3 N–H and O–H groups in total. The third-order valence-electron chi connectivity index (χ3n) is 3.63. The lowest BCUT2D eigenvalue weighted by Crippen LogP contribution is -2.39. The summed E-state index contributed by atoms with van der Waals surface area (Å²) in [6, 6.07) is 11.8. The lowest BCUT2D eigenvalue weighted by Gasteiger charge is -2.16. The largest absolute Gasteiger partial charge is 0.491 e. The molecular formula is C20H29N3O2S. The van der Waals surface area contributed by atoms with Crippen LogP contribution in [0.15, 0.2) is 41.4 Å². The van der Waals surface area contributed by atoms with Gasteiger partial charge in [-0.3, -0.25) is 0 Å². The van der Waals surface area contributed by atoms with Gasteiger partial charge in [-0.1, -0.05) is 12.1 Å². The molecule has 1 atom stereocenters. The zero-order chi connectivity index (χ0) is 18.9. The van der Waals surface area contributed by atoms with Crippen LogP contribution >= 0.6 is 11.3 Å². The molecule has 5 nitrogen and oxygen atoms in total. The molecule has 2 rings (SSSR count). The number of aliphatic hydroxyl groups excluding tert-OH is 1. The predicted molar refractivity (Wildman–Crippen MR) is 109 cm³/mol. The molecule has 0 aliphatic heterocycles. The number of nitrogens with one attached hydrogen (secondary N) is 2. The van der Waals surface area contributed by atoms with Gasteiger partial charge in [0.25, 0.3) is 0 Å². The van der Waals surface area contributed by atoms with E-state index in [1.54, 1.807) is 11.3 Å². The lowest BCUT2D eigenvalue weighted by atomic mass is 10.1. The van der Waals surface area contributed by atoms with Gasteiger partial charge in [-0.2, -0.15) is 0 Å². The van der Waals surface area contributed by atoms with E-state index in [2.05, 4.69) is 34.7 Å². The number of benzene rings is 1. The highest BCUT2D eigenvalue weighted by molar-refractivity contribution is 7.11. The van der Waals surface area contributed by atoms with Gasteiger partial charge in [0.15, 0.2) is 5.96 Å². The molecule has 1 unspecified atom stereocenters. The highest BCUT2D eigenvalue weighted by Gasteiger charge is 2.09. The molecule has 0 amide bonds. The summed E-state index contributed by atoms with van der Waals surface area (Å²) >= 11 is 1.75. The molecule has 6 heteroatoms. The highest BCUT2D eigenvalue weighted by Crippen LogP contribution is 2.18. The molecule has 0 aliphatic rings. The molecule has 0 radical (unpaired) electrons. The van der Waals surface area contributed by atoms with Gasteiger partial charge < -0.3 is 20.5 Å². The number of ether oxygens (including phenoxy) is 1. The third kappa shape index (κ3) is 6.69. The first-order valence-corrected chi connectivity index (χ1v) is 9.81. The van der Waals surface area contributed by atoms with Crippen LogP contribution in [-0.4, -0.2) is 30.3 Å². The Morgan fingerprint density at radius 1 is 1.15 bits per heavy atom. The van der Waals surface area contributed by atoms with E-state index >= 15 is 0 Å². The van der Waals surface area contributed by atoms with E-state index in [4.69, 9.17) is 4.74 Å². The van der Waals surface area contributed by atoms with Gasteiger partial charge in [-0.25, -0.2) is 4.99 Å². The van der Waals surface area contributed by atoms with E-state index in [1.807, 2.05) is 45.0 Å². The summed E-state index contributed by atoms with van der Waals surface area (Å²) in [4.78, 5) is 7.09. The molecule has 0 saturated heterocycles. The average Bonchev–Trinajstić information content (AvgIpc) is 3.02. The van der Waals surface area contributed by atoms with Crippen LogP contribution in [0.2, 0.25) is 0 Å². The van der Waals surface area contributed by atoms with Gasteiger partial charge in [0, 0.05) is 22.8 Å². The maximum atomic E-state index is 10.4. The van der Waals surface area contributed by atoms with Crippen LogP contribution in [0.5, 0.6) is 5.75 Å². The normalized spacial score (nSPS) is 12.9. The first kappa shape index (κ1) is 20.3. The van der Waals surface area contributed by atoms with Crippen molar-refractivity contribution in [3.05, 3.63) is 51.7 Å². The monoisotopic (exact) mass is 375 g/mol. The van der Waals surface area contributed by atoms with Crippen LogP contribution in [0.25, 0.3) is 0 Å². The molecule has 0 saturated carbocycles. The number of thiophene rings is 1. The summed E-state index contributed by atoms with van der Waals surface area (Å²) in [5, 5.41) is 16.8. The van der Waals surface area contributed by atoms with Crippen molar-refractivity contribution < 1.29 is 9.84 Å². The minimum absolute atomic E-state index is 0.137. The van der Waals surface area contributed by atoms with Crippen molar-refractivity contribution in [3.63, 3.8) is 0 Å². The zero-order valence-electron chi connectivity index (χ0n) is 16.0. The van der Waals surface area contributed by atoms with Crippen molar-refractivity contribution >= 4 is 17.3 Å². The van der Waals surface area contributed by atoms with Crippen molar-refractivity contribution in [2.24, 2.45) is 4.99 Å². The molecule has 2 aromatic rings. The Hall–Kier alpha value is -2.05. The van der Waals surface area contributed by atoms with E-state index in [0.29, 0.717) is 19.0 Å². The molecule has 0 fully saturated rings. The molecule has 0 bridgehead atoms. The fraction of sp³-hybridized carbons (Fsp3) is 0.450. The first-order chi connectivity index (χ1) is 12.5. The summed E-state index contributed by atoms with van der Waals surface area (Å²) in [6.45, 7) is 9.89. The summed E-state index contributed by atoms with van der Waals surface area (Å²) in [6.07, 6.45) is -0.477. The van der Waals surface area contributed by atoms with Gasteiger partial charge in [-0.15, -0.1) is 11.3 Å². The molecule has 26 heavy (non-hydrogen) atoms. The maximum absolute atomic E-state index is 10.4. The first-order valence-electron chi connectivity index (χ1n) is 9.00. The SMILES string of the molecule is CCNC(=NCc1ccc(C)s1)NCC(O)c1ccc(OC(C)C)cc1. The van der Waals surface area contributed by atoms with Crippen molar-refractivity contribution in [2.75, 3.05) is 13.1 Å². The minimum atomic E-state index is -0.615. The second-order valence-corrected chi connectivity index (χ2v) is 7.71. The second kappa shape index (κ2) is 10.2. The number of hydrogen-bond acceptors (Lipinski definition) is 4. The van der Waals surface area contributed by atoms with Crippen molar-refractivity contribution in [1.29, 1.82) is 0 Å². The van der Waals surface area contributed by atoms with Crippen LogP contribution in [0.1, 0.15) is 42.2 Å². The van der Waals surface area contributed by atoms with Gasteiger partial charge in [0.1, 0.15) is 5.75 Å². The summed E-state index contributed by atoms with van der Waals surface area (Å²) in [7, 11) is 0. The van der Waals surface area contributed by atoms with Gasteiger partial charge in [-0.05, 0) is 57.5 Å². The molecule has 1 aromatic carbocycles. The predicted octanol–water partition coefficient (Wildman–Crippen LogP) is 3.63. The number of rotatable bonds is 8. The molecule has 0 aliphatic carbocycles. The van der Waals surface area contributed by atoms with Gasteiger partial charge >= 0.3 is 0 Å². The number of nitrogens with zero attached hydrogens (tertiary/aromatic N) is 1. The fourth-order valence-corrected chi connectivity index (χ4v) is 3.24. The number of aryl methyl sites for hydroxylation is 1. The molecular weight excluding hydrogens is 346 g/mol. The van der Waals surface area contributed by atoms with E-state index in [-0.39, 0.29) is 6.10 Å². The number of guanidine groups is 1. The number of aliphatic hydroxyl groups is 1. The topological polar surface area (TPSA) is 65.9 Å². The van der Waals surface area contributed by atoms with Crippen LogP contribution in [-0.2, 0) is 6.54 Å². The standard InChI is InChI=1S/C20H29N3O2S/c1-5-21-20(22-12-18-11-6-15(4)26-18)23-13-19(24)16-7-9-17(10-8-16)25-14(2)3/h6-11,14,19,24H,5,12-13H2,1-4H3,(H2,21,22,23). The molecule has 1 aromatic heterocycles. The van der Waals surface area contributed by atoms with Crippen molar-refractivity contribution in [1.82, 2.24) is 10.6 Å². The Morgan fingerprint density at radius 2 is 1.88 bits per heavy atom. The van der Waals surface area contributed by atoms with E-state index in [0.717, 1.165) is 17.9 Å². The van der Waals surface area contributed by atoms with Gasteiger partial charge in [0.2, 0.25) is 0 Å². The smallest absolute Gasteiger partial charge is 0.191 e. The molecule has 142 valence electrons. The second-order valence-electron chi connectivity index (χ2n) is 6.34. The molecule has 0 spiro atoms. The van der Waals surface area contributed by atoms with Crippen molar-refractivity contribution in [3.8, 4) is 5.75 Å². The Morgan fingerprint density at radius 3 is 2.46 bits per heavy atom. The zero-order valence-corrected chi connectivity index (χ0v) is 16.8. The Bertz CT molecular complexity index is 695. The van der Waals surface area contributed by atoms with Crippen LogP contribution < -0.4 is 15.4 Å². The van der Waals surface area contributed by atoms with Crippen LogP contribution in [0.3, 0.4) is 0 Å². The van der Waals surface area contributed by atoms with E-state index < -0.39 is 6.10 Å². The van der Waals surface area contributed by atoms with Gasteiger partial charge in [0.05, 0.1) is 18.8 Å². The van der Waals surface area contributed by atoms with E-state index in [9.17, 15) is 5.11 Å². The number of hydrogen-bond donors (Lipinski definition) is 3. The Kier molecular flexibility index (Phi) is 7.94. The minimum Gasteiger partial charge on any atom is -0.491 e. The lowest BCUT2D eigenvalue weighted by molar-refractivity contribution is 0.180. The third-order valence-corrected chi connectivity index (χ3v) is 4.62. The van der Waals surface area contributed by atoms with Crippen molar-refractivity contribution in [2.45, 2.75) is 46.4 Å². The fourth-order valence-electron chi connectivity index (χ4n) is 2.42. The van der Waals surface area contributed by atoms with Crippen LogP contribution in [0, 0.1) is 6.92 Å². The van der Waals surface area contributed by atoms with E-state index in [1.165, 1.54) is 9.75 Å². The Balaban J connectivity index is 1.90. The summed E-state index contributed by atoms with van der Waals surface area (Å²) < 4.78 is 5.63. The molecule has 1 heterocycles. The summed E-state index contributed by atoms with van der Waals surface area (Å²) in [5.74, 6) is 1.52.